The first-order chi connectivity index (χ1) is 10.1. The third kappa shape index (κ3) is 3.94. The normalized spacial score (nSPS) is 12.0. The van der Waals surface area contributed by atoms with Gasteiger partial charge in [-0.3, -0.25) is 0 Å². The minimum atomic E-state index is 0.209. The number of aryl methyl sites for hydroxylation is 2. The maximum atomic E-state index is 4.60. The summed E-state index contributed by atoms with van der Waals surface area (Å²) in [5.74, 6) is 2.60. The second-order valence-electron chi connectivity index (χ2n) is 5.28. The van der Waals surface area contributed by atoms with Crippen LogP contribution in [0.5, 0.6) is 0 Å². The van der Waals surface area contributed by atoms with E-state index in [4.69, 9.17) is 0 Å². The minimum Gasteiger partial charge on any atom is -0.373 e. The fourth-order valence-electron chi connectivity index (χ4n) is 2.41. The van der Waals surface area contributed by atoms with Gasteiger partial charge in [0.25, 0.3) is 0 Å². The molecule has 0 aliphatic heterocycles. The van der Waals surface area contributed by atoms with E-state index in [0.29, 0.717) is 0 Å². The maximum absolute atomic E-state index is 4.60. The Morgan fingerprint density at radius 3 is 2.52 bits per heavy atom. The third-order valence-corrected chi connectivity index (χ3v) is 3.52. The smallest absolute Gasteiger partial charge is 0.133 e. The first-order valence-corrected chi connectivity index (χ1v) is 7.51. The summed E-state index contributed by atoms with van der Waals surface area (Å²) in [6.07, 6.45) is 1.93. The Bertz CT molecular complexity index is 595. The molecule has 4 heteroatoms. The zero-order valence-corrected chi connectivity index (χ0v) is 13.3. The van der Waals surface area contributed by atoms with E-state index in [1.807, 2.05) is 13.1 Å². The van der Waals surface area contributed by atoms with Crippen molar-refractivity contribution in [2.75, 3.05) is 17.7 Å². The van der Waals surface area contributed by atoms with Crippen molar-refractivity contribution in [2.45, 2.75) is 39.7 Å². The number of anilines is 2. The lowest BCUT2D eigenvalue weighted by molar-refractivity contribution is 0.818. The van der Waals surface area contributed by atoms with Crippen molar-refractivity contribution < 1.29 is 0 Å². The molecule has 0 aliphatic carbocycles. The Balaban J connectivity index is 2.22. The van der Waals surface area contributed by atoms with E-state index in [-0.39, 0.29) is 6.04 Å². The van der Waals surface area contributed by atoms with Crippen LogP contribution in [0.3, 0.4) is 0 Å². The summed E-state index contributed by atoms with van der Waals surface area (Å²) in [6.45, 7) is 6.43. The summed E-state index contributed by atoms with van der Waals surface area (Å²) in [6, 6.07) is 10.6. The number of rotatable bonds is 6. The number of aromatic nitrogens is 2. The third-order valence-electron chi connectivity index (χ3n) is 3.52. The highest BCUT2D eigenvalue weighted by molar-refractivity contribution is 5.49. The van der Waals surface area contributed by atoms with Crippen LogP contribution in [-0.4, -0.2) is 17.0 Å². The average molecular weight is 284 g/mol. The molecular formula is C17H24N4. The van der Waals surface area contributed by atoms with Crippen molar-refractivity contribution in [2.24, 2.45) is 0 Å². The highest BCUT2D eigenvalue weighted by Crippen LogP contribution is 2.22. The fourth-order valence-corrected chi connectivity index (χ4v) is 2.41. The molecule has 0 bridgehead atoms. The molecule has 0 saturated carbocycles. The van der Waals surface area contributed by atoms with Crippen molar-refractivity contribution in [1.82, 2.24) is 9.97 Å². The molecule has 0 fully saturated rings. The van der Waals surface area contributed by atoms with E-state index in [0.717, 1.165) is 30.3 Å². The summed E-state index contributed by atoms with van der Waals surface area (Å²) in [5, 5.41) is 6.58. The molecule has 2 rings (SSSR count). The quantitative estimate of drug-likeness (QED) is 0.843. The van der Waals surface area contributed by atoms with E-state index in [1.54, 1.807) is 0 Å². The van der Waals surface area contributed by atoms with Crippen LogP contribution < -0.4 is 10.6 Å². The molecule has 1 heterocycles. The molecule has 4 nitrogen and oxygen atoms in total. The monoisotopic (exact) mass is 284 g/mol. The first kappa shape index (κ1) is 15.3. The van der Waals surface area contributed by atoms with Crippen LogP contribution in [0.15, 0.2) is 30.3 Å². The van der Waals surface area contributed by atoms with Crippen molar-refractivity contribution >= 4 is 11.6 Å². The standard InChI is InChI=1S/C17H24N4/c1-5-8-15-20-16(18-4)11-17(21-15)19-13(3)14-10-7-6-9-12(14)2/h6-7,9-11,13H,5,8H2,1-4H3,(H2,18,19,20,21). The molecule has 0 spiro atoms. The average Bonchev–Trinajstić information content (AvgIpc) is 2.47. The van der Waals surface area contributed by atoms with Crippen LogP contribution in [-0.2, 0) is 6.42 Å². The molecule has 1 aromatic heterocycles. The van der Waals surface area contributed by atoms with Crippen LogP contribution in [0, 0.1) is 6.92 Å². The lowest BCUT2D eigenvalue weighted by Gasteiger charge is -2.18. The number of benzene rings is 1. The Kier molecular flexibility index (Phi) is 5.14. The number of nitrogens with one attached hydrogen (secondary N) is 2. The lowest BCUT2D eigenvalue weighted by atomic mass is 10.0. The Morgan fingerprint density at radius 2 is 1.86 bits per heavy atom. The molecule has 0 amide bonds. The number of hydrogen-bond donors (Lipinski definition) is 2. The molecule has 1 aromatic carbocycles. The van der Waals surface area contributed by atoms with Crippen molar-refractivity contribution in [1.29, 1.82) is 0 Å². The van der Waals surface area contributed by atoms with Gasteiger partial charge in [0.1, 0.15) is 17.5 Å². The fraction of sp³-hybridized carbons (Fsp3) is 0.412. The zero-order chi connectivity index (χ0) is 15.2. The Hall–Kier alpha value is -2.10. The van der Waals surface area contributed by atoms with Gasteiger partial charge in [-0.05, 0) is 31.4 Å². The zero-order valence-electron chi connectivity index (χ0n) is 13.3. The van der Waals surface area contributed by atoms with Crippen LogP contribution in [0.4, 0.5) is 11.6 Å². The molecule has 1 atom stereocenters. The predicted octanol–water partition coefficient (Wildman–Crippen LogP) is 3.95. The molecule has 2 N–H and O–H groups in total. The molecule has 0 saturated heterocycles. The Morgan fingerprint density at radius 1 is 1.14 bits per heavy atom. The van der Waals surface area contributed by atoms with Gasteiger partial charge in [0.15, 0.2) is 0 Å². The highest BCUT2D eigenvalue weighted by Gasteiger charge is 2.10. The predicted molar refractivity (Wildman–Crippen MR) is 88.8 cm³/mol. The lowest BCUT2D eigenvalue weighted by Crippen LogP contribution is -2.11. The second kappa shape index (κ2) is 7.07. The van der Waals surface area contributed by atoms with Crippen LogP contribution in [0.1, 0.15) is 43.3 Å². The van der Waals surface area contributed by atoms with E-state index < -0.39 is 0 Å². The molecule has 0 aliphatic rings. The van der Waals surface area contributed by atoms with Gasteiger partial charge in [-0.1, -0.05) is 31.2 Å². The minimum absolute atomic E-state index is 0.209. The summed E-state index contributed by atoms with van der Waals surface area (Å²) >= 11 is 0. The SMILES string of the molecule is CCCc1nc(NC)cc(NC(C)c2ccccc2C)n1. The van der Waals surface area contributed by atoms with Crippen LogP contribution in [0.2, 0.25) is 0 Å². The summed E-state index contributed by atoms with van der Waals surface area (Å²) in [5.41, 5.74) is 2.58. The van der Waals surface area contributed by atoms with E-state index in [9.17, 15) is 0 Å². The van der Waals surface area contributed by atoms with E-state index in [2.05, 4.69) is 65.6 Å². The van der Waals surface area contributed by atoms with Gasteiger partial charge < -0.3 is 10.6 Å². The number of nitrogens with zero attached hydrogens (tertiary/aromatic N) is 2. The van der Waals surface area contributed by atoms with Gasteiger partial charge >= 0.3 is 0 Å². The van der Waals surface area contributed by atoms with Gasteiger partial charge in [-0.15, -0.1) is 0 Å². The highest BCUT2D eigenvalue weighted by atomic mass is 15.1. The maximum Gasteiger partial charge on any atom is 0.133 e. The van der Waals surface area contributed by atoms with Gasteiger partial charge in [0.05, 0.1) is 6.04 Å². The summed E-state index contributed by atoms with van der Waals surface area (Å²) in [7, 11) is 1.88. The topological polar surface area (TPSA) is 49.8 Å². The van der Waals surface area contributed by atoms with Crippen molar-refractivity contribution in [3.05, 3.63) is 47.3 Å². The van der Waals surface area contributed by atoms with Gasteiger partial charge in [0.2, 0.25) is 0 Å². The molecule has 21 heavy (non-hydrogen) atoms. The van der Waals surface area contributed by atoms with E-state index >= 15 is 0 Å². The number of hydrogen-bond acceptors (Lipinski definition) is 4. The molecule has 112 valence electrons. The summed E-state index contributed by atoms with van der Waals surface area (Å²) in [4.78, 5) is 9.08. The second-order valence-corrected chi connectivity index (χ2v) is 5.28. The molecule has 1 unspecified atom stereocenters. The van der Waals surface area contributed by atoms with Gasteiger partial charge in [0, 0.05) is 19.5 Å². The van der Waals surface area contributed by atoms with E-state index in [1.165, 1.54) is 11.1 Å². The van der Waals surface area contributed by atoms with Gasteiger partial charge in [-0.25, -0.2) is 9.97 Å². The Labute approximate surface area is 127 Å². The largest absolute Gasteiger partial charge is 0.373 e. The molecular weight excluding hydrogens is 260 g/mol. The molecule has 0 radical (unpaired) electrons. The van der Waals surface area contributed by atoms with Crippen LogP contribution >= 0.6 is 0 Å². The first-order valence-electron chi connectivity index (χ1n) is 7.51. The van der Waals surface area contributed by atoms with Crippen LogP contribution in [0.25, 0.3) is 0 Å². The molecule has 2 aromatic rings. The van der Waals surface area contributed by atoms with Crippen molar-refractivity contribution in [3.8, 4) is 0 Å². The summed E-state index contributed by atoms with van der Waals surface area (Å²) < 4.78 is 0. The van der Waals surface area contributed by atoms with Gasteiger partial charge in [-0.2, -0.15) is 0 Å². The van der Waals surface area contributed by atoms with Crippen molar-refractivity contribution in [3.63, 3.8) is 0 Å².